The fourth-order valence-corrected chi connectivity index (χ4v) is 2.14. The Morgan fingerprint density at radius 1 is 1.08 bits per heavy atom. The second-order valence-corrected chi connectivity index (χ2v) is 4.86. The number of Topliss-reactive ketones (excluding diaryl/α,β-unsaturated/α-hetero) is 1. The molecule has 0 saturated carbocycles. The van der Waals surface area contributed by atoms with Crippen molar-refractivity contribution in [3.05, 3.63) is 47.3 Å². The van der Waals surface area contributed by atoms with E-state index in [1.165, 1.54) is 25.1 Å². The summed E-state index contributed by atoms with van der Waals surface area (Å²) in [6.07, 6.45) is -11.0. The van der Waals surface area contributed by atoms with E-state index in [0.29, 0.717) is 0 Å². The molecule has 1 aromatic carbocycles. The summed E-state index contributed by atoms with van der Waals surface area (Å²) in [6, 6.07) is 6.32. The smallest absolute Gasteiger partial charge is 0.455 e. The van der Waals surface area contributed by atoms with E-state index in [1.54, 1.807) is 0 Å². The van der Waals surface area contributed by atoms with Crippen LogP contribution in [-0.2, 0) is 10.9 Å². The molecule has 0 radical (unpaired) electrons. The molecule has 0 bridgehead atoms. The van der Waals surface area contributed by atoms with E-state index < -0.39 is 41.1 Å². The van der Waals surface area contributed by atoms with Crippen LogP contribution in [0.1, 0.15) is 33.5 Å². The van der Waals surface area contributed by atoms with Gasteiger partial charge in [0.2, 0.25) is 0 Å². The molecule has 2 aromatic rings. The average Bonchev–Trinajstić information content (AvgIpc) is 2.95. The molecule has 0 aliphatic heterocycles. The molecule has 5 nitrogen and oxygen atoms in total. The molecule has 0 atom stereocenters. The van der Waals surface area contributed by atoms with Crippen molar-refractivity contribution in [1.29, 1.82) is 0 Å². The second-order valence-electron chi connectivity index (χ2n) is 4.86. The summed E-state index contributed by atoms with van der Waals surface area (Å²) in [5, 5.41) is 3.30. The summed E-state index contributed by atoms with van der Waals surface area (Å²) in [4.78, 5) is 23.5. The fourth-order valence-electron chi connectivity index (χ4n) is 2.14. The van der Waals surface area contributed by atoms with E-state index in [9.17, 15) is 35.9 Å². The molecule has 26 heavy (non-hydrogen) atoms. The Kier molecular flexibility index (Phi) is 5.10. The number of nitrogens with zero attached hydrogens (tertiary/aromatic N) is 2. The summed E-state index contributed by atoms with van der Waals surface area (Å²) >= 11 is 0. The zero-order valence-corrected chi connectivity index (χ0v) is 13.0. The van der Waals surface area contributed by atoms with Gasteiger partial charge in [-0.25, -0.2) is 9.48 Å². The molecule has 0 aliphatic rings. The van der Waals surface area contributed by atoms with E-state index in [1.807, 2.05) is 0 Å². The molecule has 0 unspecified atom stereocenters. The molecule has 0 fully saturated rings. The molecule has 140 valence electrons. The summed E-state index contributed by atoms with van der Waals surface area (Å²) in [5.74, 6) is -4.41. The van der Waals surface area contributed by atoms with Crippen molar-refractivity contribution in [2.45, 2.75) is 19.3 Å². The minimum atomic E-state index is -5.65. The Morgan fingerprint density at radius 2 is 1.65 bits per heavy atom. The summed E-state index contributed by atoms with van der Waals surface area (Å²) in [7, 11) is 0. The number of esters is 1. The van der Waals surface area contributed by atoms with Gasteiger partial charge in [-0.05, 0) is 19.1 Å². The Hall–Kier alpha value is -2.85. The maximum atomic E-state index is 13.5. The van der Waals surface area contributed by atoms with Gasteiger partial charge in [-0.3, -0.25) is 4.79 Å². The number of hydrogen-bond donors (Lipinski definition) is 0. The summed E-state index contributed by atoms with van der Waals surface area (Å²) in [5.41, 5.74) is -5.54. The zero-order chi connectivity index (χ0) is 19.7. The summed E-state index contributed by atoms with van der Waals surface area (Å²) < 4.78 is 83.5. The van der Waals surface area contributed by atoms with Gasteiger partial charge in [0.05, 0.1) is 17.9 Å². The third kappa shape index (κ3) is 3.70. The van der Waals surface area contributed by atoms with Gasteiger partial charge in [-0.15, -0.1) is 0 Å². The van der Waals surface area contributed by atoms with Crippen molar-refractivity contribution in [3.8, 4) is 5.69 Å². The number of carbonyl (C=O) groups is 2. The molecule has 0 aliphatic carbocycles. The van der Waals surface area contributed by atoms with Crippen LogP contribution in [-0.4, -0.2) is 34.3 Å². The molecule has 11 heteroatoms. The van der Waals surface area contributed by atoms with Crippen molar-refractivity contribution in [2.24, 2.45) is 0 Å². The van der Waals surface area contributed by atoms with E-state index in [0.717, 1.165) is 12.1 Å². The number of alkyl halides is 6. The average molecular weight is 380 g/mol. The molecule has 1 aromatic heterocycles. The number of ketones is 1. The van der Waals surface area contributed by atoms with Crippen LogP contribution in [0, 0.1) is 0 Å². The first-order valence-corrected chi connectivity index (χ1v) is 7.02. The number of hydrogen-bond acceptors (Lipinski definition) is 4. The van der Waals surface area contributed by atoms with Crippen LogP contribution in [0.25, 0.3) is 5.69 Å². The molecule has 0 saturated heterocycles. The van der Waals surface area contributed by atoms with E-state index in [-0.39, 0.29) is 17.0 Å². The first-order valence-electron chi connectivity index (χ1n) is 7.02. The number of carbonyl (C=O) groups excluding carboxylic acids is 2. The highest BCUT2D eigenvalue weighted by Crippen LogP contribution is 2.38. The third-order valence-electron chi connectivity index (χ3n) is 3.11. The van der Waals surface area contributed by atoms with Crippen LogP contribution in [0.15, 0.2) is 30.3 Å². The SMILES string of the molecule is CCOC(=O)c1nn(-c2ccccc2)c(C(F)(F)F)c1C(=O)C(F)(F)F. The van der Waals surface area contributed by atoms with Gasteiger partial charge in [-0.2, -0.15) is 31.4 Å². The van der Waals surface area contributed by atoms with Crippen LogP contribution in [0.5, 0.6) is 0 Å². The van der Waals surface area contributed by atoms with E-state index in [2.05, 4.69) is 9.84 Å². The predicted octanol–water partition coefficient (Wildman–Crippen LogP) is 3.81. The van der Waals surface area contributed by atoms with Gasteiger partial charge in [0, 0.05) is 0 Å². The lowest BCUT2D eigenvalue weighted by molar-refractivity contribution is -0.143. The highest BCUT2D eigenvalue weighted by Gasteiger charge is 2.51. The van der Waals surface area contributed by atoms with Crippen molar-refractivity contribution in [3.63, 3.8) is 0 Å². The van der Waals surface area contributed by atoms with Crippen LogP contribution in [0.2, 0.25) is 0 Å². The number of para-hydroxylation sites is 1. The molecule has 1 heterocycles. The van der Waals surface area contributed by atoms with Crippen LogP contribution in [0.3, 0.4) is 0 Å². The Morgan fingerprint density at radius 3 is 2.12 bits per heavy atom. The van der Waals surface area contributed by atoms with Crippen molar-refractivity contribution in [2.75, 3.05) is 6.61 Å². The first kappa shape index (κ1) is 19.5. The molecular formula is C15H10F6N2O3. The molecule has 2 rings (SSSR count). The minimum absolute atomic E-state index is 0.0746. The number of rotatable bonds is 4. The molecule has 0 spiro atoms. The highest BCUT2D eigenvalue weighted by atomic mass is 19.4. The van der Waals surface area contributed by atoms with Gasteiger partial charge in [0.25, 0.3) is 5.78 Å². The molecular weight excluding hydrogens is 370 g/mol. The number of ether oxygens (including phenoxy) is 1. The Balaban J connectivity index is 2.87. The topological polar surface area (TPSA) is 61.2 Å². The fraction of sp³-hybridized carbons (Fsp3) is 0.267. The number of aromatic nitrogens is 2. The Labute approximate surface area is 142 Å². The number of halogens is 6. The second kappa shape index (κ2) is 6.81. The van der Waals surface area contributed by atoms with Crippen LogP contribution >= 0.6 is 0 Å². The lowest BCUT2D eigenvalue weighted by Gasteiger charge is -2.13. The standard InChI is InChI=1S/C15H10F6N2O3/c1-2-26-13(25)10-9(12(24)15(19,20)21)11(14(16,17)18)23(22-10)8-6-4-3-5-7-8/h3-7H,2H2,1H3. The maximum Gasteiger partial charge on any atom is 0.455 e. The van der Waals surface area contributed by atoms with Crippen molar-refractivity contribution < 1.29 is 40.7 Å². The predicted molar refractivity (Wildman–Crippen MR) is 74.9 cm³/mol. The molecule has 0 N–H and O–H groups in total. The van der Waals surface area contributed by atoms with Crippen LogP contribution < -0.4 is 0 Å². The quantitative estimate of drug-likeness (QED) is 0.460. The normalized spacial score (nSPS) is 12.1. The van der Waals surface area contributed by atoms with Gasteiger partial charge >= 0.3 is 18.3 Å². The maximum absolute atomic E-state index is 13.5. The van der Waals surface area contributed by atoms with Crippen LogP contribution in [0.4, 0.5) is 26.3 Å². The first-order chi connectivity index (χ1) is 12.0. The lowest BCUT2D eigenvalue weighted by atomic mass is 10.1. The minimum Gasteiger partial charge on any atom is -0.461 e. The highest BCUT2D eigenvalue weighted by molar-refractivity contribution is 6.09. The monoisotopic (exact) mass is 380 g/mol. The molecule has 0 amide bonds. The lowest BCUT2D eigenvalue weighted by Crippen LogP contribution is -2.28. The van der Waals surface area contributed by atoms with Gasteiger partial charge in [0.15, 0.2) is 11.4 Å². The third-order valence-corrected chi connectivity index (χ3v) is 3.11. The summed E-state index contributed by atoms with van der Waals surface area (Å²) in [6.45, 7) is 0.958. The Bertz CT molecular complexity index is 824. The van der Waals surface area contributed by atoms with Crippen molar-refractivity contribution in [1.82, 2.24) is 9.78 Å². The largest absolute Gasteiger partial charge is 0.461 e. The van der Waals surface area contributed by atoms with Crippen molar-refractivity contribution >= 4 is 11.8 Å². The number of benzene rings is 1. The van der Waals surface area contributed by atoms with Gasteiger partial charge in [-0.1, -0.05) is 18.2 Å². The van der Waals surface area contributed by atoms with E-state index >= 15 is 0 Å². The van der Waals surface area contributed by atoms with Gasteiger partial charge in [0.1, 0.15) is 0 Å². The zero-order valence-electron chi connectivity index (χ0n) is 13.0. The van der Waals surface area contributed by atoms with E-state index in [4.69, 9.17) is 0 Å². The van der Waals surface area contributed by atoms with Gasteiger partial charge < -0.3 is 4.74 Å².